The third-order valence-electron chi connectivity index (χ3n) is 2.28. The molecule has 1 radical (unpaired) electrons. The van der Waals surface area contributed by atoms with E-state index in [1.165, 1.54) is 24.2 Å². The number of para-hydroxylation sites is 1. The van der Waals surface area contributed by atoms with Gasteiger partial charge in [-0.2, -0.15) is 0 Å². The highest BCUT2D eigenvalue weighted by atomic mass is 32.1. The Morgan fingerprint density at radius 3 is 3.20 bits per heavy atom. The Kier molecular flexibility index (Phi) is 3.56. The molecule has 1 heterocycles. The Bertz CT molecular complexity index is 424. The first-order valence-electron chi connectivity index (χ1n) is 5.30. The van der Waals surface area contributed by atoms with Crippen molar-refractivity contribution in [1.29, 1.82) is 0 Å². The number of aromatic nitrogens is 1. The first-order chi connectivity index (χ1) is 7.42. The molecule has 0 aliphatic heterocycles. The lowest BCUT2D eigenvalue weighted by Gasteiger charge is -2.05. The van der Waals surface area contributed by atoms with Crippen LogP contribution in [0.15, 0.2) is 18.2 Å². The van der Waals surface area contributed by atoms with E-state index in [1.54, 1.807) is 0 Å². The Hall–Kier alpha value is -1.09. The summed E-state index contributed by atoms with van der Waals surface area (Å²) in [6.45, 7) is 2.97. The van der Waals surface area contributed by atoms with Crippen molar-refractivity contribution in [1.82, 2.24) is 4.98 Å². The van der Waals surface area contributed by atoms with Crippen molar-refractivity contribution in [3.8, 4) is 5.75 Å². The van der Waals surface area contributed by atoms with Crippen molar-refractivity contribution >= 4 is 21.6 Å². The van der Waals surface area contributed by atoms with Crippen molar-refractivity contribution in [3.05, 3.63) is 23.7 Å². The number of fused-ring (bicyclic) bond motifs is 1. The van der Waals surface area contributed by atoms with E-state index in [0.717, 1.165) is 29.0 Å². The minimum atomic E-state index is 0.782. The second-order valence-electron chi connectivity index (χ2n) is 3.46. The van der Waals surface area contributed by atoms with Crippen LogP contribution in [0.3, 0.4) is 0 Å². The molecule has 2 rings (SSSR count). The number of ether oxygens (including phenoxy) is 1. The lowest BCUT2D eigenvalue weighted by Crippen LogP contribution is -1.97. The van der Waals surface area contributed by atoms with Crippen LogP contribution in [0, 0.1) is 5.51 Å². The van der Waals surface area contributed by atoms with Gasteiger partial charge < -0.3 is 4.74 Å². The summed E-state index contributed by atoms with van der Waals surface area (Å²) in [6.07, 6.45) is 3.55. The molecule has 1 aromatic heterocycles. The fourth-order valence-corrected chi connectivity index (χ4v) is 2.09. The van der Waals surface area contributed by atoms with E-state index in [-0.39, 0.29) is 0 Å². The van der Waals surface area contributed by atoms with E-state index in [0.29, 0.717) is 0 Å². The average molecular weight is 220 g/mol. The Morgan fingerprint density at radius 2 is 2.33 bits per heavy atom. The van der Waals surface area contributed by atoms with Crippen molar-refractivity contribution in [2.75, 3.05) is 6.61 Å². The molecule has 15 heavy (non-hydrogen) atoms. The Labute approximate surface area is 93.9 Å². The van der Waals surface area contributed by atoms with Crippen LogP contribution in [0.25, 0.3) is 10.2 Å². The summed E-state index contributed by atoms with van der Waals surface area (Å²) in [5.74, 6) is 0.890. The van der Waals surface area contributed by atoms with Gasteiger partial charge in [0.25, 0.3) is 0 Å². The molecule has 3 heteroatoms. The van der Waals surface area contributed by atoms with Crippen molar-refractivity contribution in [3.63, 3.8) is 0 Å². The third kappa shape index (κ3) is 2.48. The highest BCUT2D eigenvalue weighted by Gasteiger charge is 2.03. The summed E-state index contributed by atoms with van der Waals surface area (Å²) in [4.78, 5) is 4.19. The van der Waals surface area contributed by atoms with Gasteiger partial charge in [-0.05, 0) is 18.6 Å². The molecule has 2 aromatic rings. The molecule has 0 bridgehead atoms. The molecule has 0 spiro atoms. The van der Waals surface area contributed by atoms with Crippen molar-refractivity contribution in [2.45, 2.75) is 26.2 Å². The van der Waals surface area contributed by atoms with Crippen LogP contribution in [0.2, 0.25) is 0 Å². The van der Waals surface area contributed by atoms with Gasteiger partial charge in [0.15, 0.2) is 5.51 Å². The molecule has 0 aliphatic carbocycles. The standard InChI is InChI=1S/C12H14NOS/c1-2-3-4-8-14-10-6-5-7-11-12(10)13-9-15-11/h5-7H,2-4,8H2,1H3. The van der Waals surface area contributed by atoms with E-state index in [2.05, 4.69) is 17.4 Å². The molecule has 0 saturated carbocycles. The van der Waals surface area contributed by atoms with Gasteiger partial charge in [0.2, 0.25) is 0 Å². The van der Waals surface area contributed by atoms with Gasteiger partial charge in [-0.25, -0.2) is 4.98 Å². The molecule has 79 valence electrons. The topological polar surface area (TPSA) is 22.1 Å². The van der Waals surface area contributed by atoms with Gasteiger partial charge in [-0.1, -0.05) is 25.8 Å². The molecular formula is C12H14NOS. The lowest BCUT2D eigenvalue weighted by molar-refractivity contribution is 0.309. The molecule has 2 nitrogen and oxygen atoms in total. The number of nitrogens with zero attached hydrogens (tertiary/aromatic N) is 1. The smallest absolute Gasteiger partial charge is 0.153 e. The lowest BCUT2D eigenvalue weighted by atomic mass is 10.2. The van der Waals surface area contributed by atoms with Crippen LogP contribution in [-0.4, -0.2) is 11.6 Å². The first kappa shape index (κ1) is 10.4. The van der Waals surface area contributed by atoms with Crippen LogP contribution < -0.4 is 4.74 Å². The Balaban J connectivity index is 2.04. The zero-order valence-corrected chi connectivity index (χ0v) is 9.64. The van der Waals surface area contributed by atoms with Crippen LogP contribution in [-0.2, 0) is 0 Å². The predicted octanol–water partition coefficient (Wildman–Crippen LogP) is 3.67. The maximum absolute atomic E-state index is 5.70. The van der Waals surface area contributed by atoms with Crippen LogP contribution >= 0.6 is 11.3 Å². The maximum atomic E-state index is 5.70. The van der Waals surface area contributed by atoms with Gasteiger partial charge >= 0.3 is 0 Å². The van der Waals surface area contributed by atoms with E-state index in [9.17, 15) is 0 Å². The van der Waals surface area contributed by atoms with Gasteiger partial charge in [0.05, 0.1) is 11.3 Å². The second kappa shape index (κ2) is 5.12. The summed E-state index contributed by atoms with van der Waals surface area (Å²) in [7, 11) is 0. The number of benzene rings is 1. The maximum Gasteiger partial charge on any atom is 0.153 e. The summed E-state index contributed by atoms with van der Waals surface area (Å²) < 4.78 is 6.85. The predicted molar refractivity (Wildman–Crippen MR) is 63.5 cm³/mol. The molecule has 0 unspecified atom stereocenters. The fourth-order valence-electron chi connectivity index (χ4n) is 1.46. The summed E-state index contributed by atoms with van der Waals surface area (Å²) in [5, 5.41) is 0. The van der Waals surface area contributed by atoms with Gasteiger partial charge in [-0.3, -0.25) is 0 Å². The molecule has 0 saturated heterocycles. The van der Waals surface area contributed by atoms with E-state index in [4.69, 9.17) is 4.74 Å². The van der Waals surface area contributed by atoms with Crippen LogP contribution in [0.4, 0.5) is 0 Å². The monoisotopic (exact) mass is 220 g/mol. The zero-order valence-electron chi connectivity index (χ0n) is 8.82. The minimum Gasteiger partial charge on any atom is -0.491 e. The third-order valence-corrected chi connectivity index (χ3v) is 3.01. The van der Waals surface area contributed by atoms with Crippen LogP contribution in [0.5, 0.6) is 5.75 Å². The SMILES string of the molecule is CCCCCOc1cccc2s[c]nc12. The summed E-state index contributed by atoms with van der Waals surface area (Å²) in [5.41, 5.74) is 3.83. The van der Waals surface area contributed by atoms with E-state index < -0.39 is 0 Å². The number of hydrogen-bond acceptors (Lipinski definition) is 3. The number of hydrogen-bond donors (Lipinski definition) is 0. The molecule has 0 aliphatic rings. The highest BCUT2D eigenvalue weighted by molar-refractivity contribution is 7.16. The fraction of sp³-hybridized carbons (Fsp3) is 0.417. The van der Waals surface area contributed by atoms with Gasteiger partial charge in [-0.15, -0.1) is 11.3 Å². The zero-order chi connectivity index (χ0) is 10.5. The van der Waals surface area contributed by atoms with E-state index >= 15 is 0 Å². The summed E-state index contributed by atoms with van der Waals surface area (Å²) >= 11 is 1.53. The molecule has 0 atom stereocenters. The molecule has 0 N–H and O–H groups in total. The largest absolute Gasteiger partial charge is 0.491 e. The minimum absolute atomic E-state index is 0.782. The normalized spacial score (nSPS) is 10.7. The van der Waals surface area contributed by atoms with Crippen LogP contribution in [0.1, 0.15) is 26.2 Å². The quantitative estimate of drug-likeness (QED) is 0.717. The van der Waals surface area contributed by atoms with Gasteiger partial charge in [0, 0.05) is 0 Å². The summed E-state index contributed by atoms with van der Waals surface area (Å²) in [6, 6.07) is 6.02. The number of thiazole rings is 1. The number of unbranched alkanes of at least 4 members (excludes halogenated alkanes) is 2. The van der Waals surface area contributed by atoms with Crippen molar-refractivity contribution in [2.24, 2.45) is 0 Å². The molecule has 0 fully saturated rings. The van der Waals surface area contributed by atoms with E-state index in [1.807, 2.05) is 18.2 Å². The molecule has 0 amide bonds. The number of rotatable bonds is 5. The van der Waals surface area contributed by atoms with Crippen molar-refractivity contribution < 1.29 is 4.74 Å². The molecular weight excluding hydrogens is 206 g/mol. The molecule has 1 aromatic carbocycles. The Morgan fingerprint density at radius 1 is 1.40 bits per heavy atom. The average Bonchev–Trinajstić information content (AvgIpc) is 2.73. The first-order valence-corrected chi connectivity index (χ1v) is 6.12. The van der Waals surface area contributed by atoms with Gasteiger partial charge in [0.1, 0.15) is 11.3 Å². The second-order valence-corrected chi connectivity index (χ2v) is 4.29. The highest BCUT2D eigenvalue weighted by Crippen LogP contribution is 2.26.